The van der Waals surface area contributed by atoms with E-state index in [0.29, 0.717) is 23.8 Å². The molecule has 0 radical (unpaired) electrons. The quantitative estimate of drug-likeness (QED) is 0.183. The molecular weight excluding hydrogens is 344 g/mol. The fourth-order valence-corrected chi connectivity index (χ4v) is 2.97. The van der Waals surface area contributed by atoms with Crippen LogP contribution >= 0.6 is 0 Å². The monoisotopic (exact) mass is 376 g/mol. The molecule has 1 unspecified atom stereocenters. The number of allylic oxidation sites excluding steroid dienone is 4. The van der Waals surface area contributed by atoms with Gasteiger partial charge in [0.2, 0.25) is 0 Å². The Labute approximate surface area is 170 Å². The van der Waals surface area contributed by atoms with Gasteiger partial charge < -0.3 is 4.74 Å². The molecule has 0 bridgehead atoms. The van der Waals surface area contributed by atoms with Crippen molar-refractivity contribution in [2.24, 2.45) is 10.9 Å². The second-order valence-electron chi connectivity index (χ2n) is 7.00. The van der Waals surface area contributed by atoms with Crippen LogP contribution in [0.2, 0.25) is 0 Å². The number of benzene rings is 1. The van der Waals surface area contributed by atoms with E-state index >= 15 is 0 Å². The molecular formula is C25H32N2O. The van der Waals surface area contributed by atoms with Crippen molar-refractivity contribution >= 4 is 11.4 Å². The third-order valence-electron chi connectivity index (χ3n) is 4.89. The fraction of sp³-hybridized carbons (Fsp3) is 0.360. The van der Waals surface area contributed by atoms with Crippen molar-refractivity contribution in [3.8, 4) is 6.07 Å². The van der Waals surface area contributed by atoms with Crippen LogP contribution in [0.15, 0.2) is 72.0 Å². The van der Waals surface area contributed by atoms with Crippen molar-refractivity contribution in [2.75, 3.05) is 6.61 Å². The molecule has 28 heavy (non-hydrogen) atoms. The smallest absolute Gasteiger partial charge is 0.0998 e. The number of ether oxygens (including phenoxy) is 1. The van der Waals surface area contributed by atoms with E-state index in [-0.39, 0.29) is 0 Å². The molecule has 0 aromatic heterocycles. The minimum absolute atomic E-state index is 0.301. The van der Waals surface area contributed by atoms with Gasteiger partial charge in [-0.1, -0.05) is 43.0 Å². The Kier molecular flexibility index (Phi) is 9.74. The average molecular weight is 377 g/mol. The van der Waals surface area contributed by atoms with Gasteiger partial charge in [0.1, 0.15) is 0 Å². The maximum Gasteiger partial charge on any atom is 0.0998 e. The van der Waals surface area contributed by atoms with Gasteiger partial charge in [0.25, 0.3) is 0 Å². The summed E-state index contributed by atoms with van der Waals surface area (Å²) in [5.74, 6) is 1.06. The van der Waals surface area contributed by atoms with Crippen LogP contribution in [0, 0.1) is 17.2 Å². The average Bonchev–Trinajstić information content (AvgIpc) is 2.69. The van der Waals surface area contributed by atoms with Crippen molar-refractivity contribution in [1.29, 1.82) is 5.26 Å². The molecule has 0 saturated heterocycles. The summed E-state index contributed by atoms with van der Waals surface area (Å²) in [5, 5.41) is 9.28. The third kappa shape index (κ3) is 7.04. The summed E-state index contributed by atoms with van der Waals surface area (Å²) in [6, 6.07) is 9.60. The number of aliphatic imine (C=N–C) groups is 1. The molecule has 0 spiro atoms. The minimum Gasteiger partial charge on any atom is -0.499 e. The first-order chi connectivity index (χ1) is 13.3. The van der Waals surface area contributed by atoms with Crippen LogP contribution in [0.25, 0.3) is 5.70 Å². The maximum absolute atomic E-state index is 9.28. The predicted molar refractivity (Wildman–Crippen MR) is 120 cm³/mol. The van der Waals surface area contributed by atoms with Crippen LogP contribution in [-0.2, 0) is 4.74 Å². The predicted octanol–water partition coefficient (Wildman–Crippen LogP) is 6.85. The van der Waals surface area contributed by atoms with E-state index in [4.69, 9.17) is 4.74 Å². The van der Waals surface area contributed by atoms with E-state index in [1.807, 2.05) is 38.1 Å². The van der Waals surface area contributed by atoms with Crippen molar-refractivity contribution in [3.05, 3.63) is 78.1 Å². The molecule has 0 aliphatic carbocycles. The summed E-state index contributed by atoms with van der Waals surface area (Å²) in [4.78, 5) is 4.67. The van der Waals surface area contributed by atoms with E-state index in [1.165, 1.54) is 5.57 Å². The molecule has 0 N–H and O–H groups in total. The van der Waals surface area contributed by atoms with Gasteiger partial charge in [-0.2, -0.15) is 5.26 Å². The topological polar surface area (TPSA) is 45.4 Å². The van der Waals surface area contributed by atoms with Gasteiger partial charge in [0.05, 0.1) is 29.7 Å². The van der Waals surface area contributed by atoms with E-state index in [2.05, 4.69) is 44.6 Å². The van der Waals surface area contributed by atoms with Gasteiger partial charge in [0, 0.05) is 11.3 Å². The molecule has 148 valence electrons. The molecule has 1 atom stereocenters. The Morgan fingerprint density at radius 3 is 2.46 bits per heavy atom. The van der Waals surface area contributed by atoms with Gasteiger partial charge in [-0.15, -0.1) is 6.58 Å². The fourth-order valence-electron chi connectivity index (χ4n) is 2.97. The zero-order chi connectivity index (χ0) is 21.1. The summed E-state index contributed by atoms with van der Waals surface area (Å²) in [7, 11) is 0. The number of nitrogens with zero attached hydrogens (tertiary/aromatic N) is 2. The number of nitriles is 1. The van der Waals surface area contributed by atoms with E-state index in [9.17, 15) is 5.26 Å². The highest BCUT2D eigenvalue weighted by molar-refractivity contribution is 6.01. The second kappa shape index (κ2) is 11.8. The van der Waals surface area contributed by atoms with Gasteiger partial charge >= 0.3 is 0 Å². The van der Waals surface area contributed by atoms with Crippen molar-refractivity contribution < 1.29 is 4.74 Å². The lowest BCUT2D eigenvalue weighted by Gasteiger charge is -2.17. The summed E-state index contributed by atoms with van der Waals surface area (Å²) in [5.41, 5.74) is 5.27. The molecule has 1 rings (SSSR count). The molecule has 0 saturated carbocycles. The molecule has 0 aliphatic rings. The standard InChI is InChI=1S/C25H32N2O/c1-8-23(13-11-12-16-28-18(2)3)20(5)19(4)21(6)27-22(7)25-15-10-9-14-24(25)17-26/h8-10,14-15,23H,1-2,7,11-13,16H2,3-6H3/b20-19+,27-21-. The molecule has 0 fully saturated rings. The van der Waals surface area contributed by atoms with Crippen LogP contribution < -0.4 is 0 Å². The second-order valence-corrected chi connectivity index (χ2v) is 7.00. The number of rotatable bonds is 11. The number of hydrogen-bond acceptors (Lipinski definition) is 3. The molecule has 3 nitrogen and oxygen atoms in total. The Morgan fingerprint density at radius 2 is 1.86 bits per heavy atom. The Balaban J connectivity index is 2.87. The van der Waals surface area contributed by atoms with Gasteiger partial charge in [-0.25, -0.2) is 0 Å². The zero-order valence-electron chi connectivity index (χ0n) is 17.7. The number of unbranched alkanes of at least 4 members (excludes halogenated alkanes) is 1. The first-order valence-electron chi connectivity index (χ1n) is 9.64. The molecule has 3 heteroatoms. The summed E-state index contributed by atoms with van der Waals surface area (Å²) in [6.45, 7) is 20.6. The molecule has 0 heterocycles. The molecule has 0 amide bonds. The molecule has 1 aromatic rings. The van der Waals surface area contributed by atoms with Gasteiger partial charge in [0.15, 0.2) is 0 Å². The first kappa shape index (κ1) is 23.2. The normalized spacial score (nSPS) is 13.2. The highest BCUT2D eigenvalue weighted by Gasteiger charge is 2.12. The highest BCUT2D eigenvalue weighted by Crippen LogP contribution is 2.25. The van der Waals surface area contributed by atoms with Crippen LogP contribution in [0.3, 0.4) is 0 Å². The SMILES string of the molecule is C=CC(CCCCOC(=C)C)/C(C)=C(C)/C(C)=N\C(=C)c1ccccc1C#N. The van der Waals surface area contributed by atoms with Crippen LogP contribution in [0.5, 0.6) is 0 Å². The maximum atomic E-state index is 9.28. The summed E-state index contributed by atoms with van der Waals surface area (Å²) < 4.78 is 5.42. The minimum atomic E-state index is 0.301. The van der Waals surface area contributed by atoms with Crippen LogP contribution in [0.1, 0.15) is 58.1 Å². The van der Waals surface area contributed by atoms with E-state index < -0.39 is 0 Å². The van der Waals surface area contributed by atoms with Crippen molar-refractivity contribution in [3.63, 3.8) is 0 Å². The largest absolute Gasteiger partial charge is 0.499 e. The lowest BCUT2D eigenvalue weighted by atomic mass is 9.90. The highest BCUT2D eigenvalue weighted by atomic mass is 16.5. The summed E-state index contributed by atoms with van der Waals surface area (Å²) >= 11 is 0. The van der Waals surface area contributed by atoms with Crippen molar-refractivity contribution in [2.45, 2.75) is 47.0 Å². The van der Waals surface area contributed by atoms with Crippen molar-refractivity contribution in [1.82, 2.24) is 0 Å². The van der Waals surface area contributed by atoms with E-state index in [1.54, 1.807) is 6.07 Å². The lowest BCUT2D eigenvalue weighted by Crippen LogP contribution is -2.06. The summed E-state index contributed by atoms with van der Waals surface area (Å²) in [6.07, 6.45) is 5.09. The van der Waals surface area contributed by atoms with Crippen LogP contribution in [0.4, 0.5) is 0 Å². The van der Waals surface area contributed by atoms with E-state index in [0.717, 1.165) is 41.9 Å². The first-order valence-corrected chi connectivity index (χ1v) is 9.64. The molecule has 1 aromatic carbocycles. The number of hydrogen-bond donors (Lipinski definition) is 0. The van der Waals surface area contributed by atoms with Crippen LogP contribution in [-0.4, -0.2) is 12.3 Å². The lowest BCUT2D eigenvalue weighted by molar-refractivity contribution is 0.208. The Morgan fingerprint density at radius 1 is 1.18 bits per heavy atom. The zero-order valence-corrected chi connectivity index (χ0v) is 17.7. The van der Waals surface area contributed by atoms with Gasteiger partial charge in [-0.05, 0) is 64.5 Å². The third-order valence-corrected chi connectivity index (χ3v) is 4.89. The molecule has 0 aliphatic heterocycles. The Hall–Kier alpha value is -2.86. The van der Waals surface area contributed by atoms with Gasteiger partial charge in [-0.3, -0.25) is 4.99 Å². The Bertz CT molecular complexity index is 821.